The minimum atomic E-state index is -0.592. The van der Waals surface area contributed by atoms with Crippen molar-refractivity contribution in [2.45, 2.75) is 89.6 Å². The summed E-state index contributed by atoms with van der Waals surface area (Å²) in [6.07, 6.45) is 14.1. The molecule has 7 heteroatoms. The van der Waals surface area contributed by atoms with Gasteiger partial charge in [0.2, 0.25) is 0 Å². The average Bonchev–Trinajstić information content (AvgIpc) is 3.05. The normalized spacial score (nSPS) is 20.5. The Morgan fingerprint density at radius 3 is 2.21 bits per heavy atom. The minimum absolute atomic E-state index is 0.107. The molecule has 3 rings (SSSR count). The molecule has 1 aromatic heterocycles. The van der Waals surface area contributed by atoms with E-state index in [1.165, 1.54) is 61.2 Å². The highest BCUT2D eigenvalue weighted by Gasteiger charge is 2.22. The Morgan fingerprint density at radius 2 is 1.57 bits per heavy atom. The summed E-state index contributed by atoms with van der Waals surface area (Å²) in [5, 5.41) is 6.23. The number of likely N-dealkylation sites (N-methyl/N-ethyl adjacent to an activating group) is 1. The number of hydrogen-bond acceptors (Lipinski definition) is 5. The number of fused-ring (bicyclic) bond motifs is 1. The number of thiazole rings is 1. The summed E-state index contributed by atoms with van der Waals surface area (Å²) < 4.78 is 0. The number of aromatic nitrogens is 1. The fraction of sp³-hybridized carbons (Fsp3) is 0.762. The first-order valence-corrected chi connectivity index (χ1v) is 11.7. The summed E-state index contributed by atoms with van der Waals surface area (Å²) in [5.41, 5.74) is 1.05. The Balaban J connectivity index is 1.49. The summed E-state index contributed by atoms with van der Waals surface area (Å²) in [4.78, 5) is 32.7. The number of nitrogens with one attached hydrogen (secondary N) is 2. The smallest absolute Gasteiger partial charge is 0.315 e. The maximum absolute atomic E-state index is 12.4. The van der Waals surface area contributed by atoms with Gasteiger partial charge in [-0.25, -0.2) is 4.98 Å². The van der Waals surface area contributed by atoms with Crippen LogP contribution in [0.5, 0.6) is 0 Å². The van der Waals surface area contributed by atoms with E-state index in [-0.39, 0.29) is 6.04 Å². The Labute approximate surface area is 172 Å². The Bertz CT molecular complexity index is 649. The van der Waals surface area contributed by atoms with Crippen molar-refractivity contribution in [1.82, 2.24) is 15.2 Å². The van der Waals surface area contributed by atoms with Gasteiger partial charge in [-0.3, -0.25) is 14.9 Å². The summed E-state index contributed by atoms with van der Waals surface area (Å²) in [6.45, 7) is 1.84. The highest BCUT2D eigenvalue weighted by atomic mass is 32.1. The molecule has 0 aromatic carbocycles. The molecule has 0 spiro atoms. The van der Waals surface area contributed by atoms with E-state index in [4.69, 9.17) is 0 Å². The van der Waals surface area contributed by atoms with Crippen LogP contribution >= 0.6 is 11.3 Å². The minimum Gasteiger partial charge on any atom is -0.345 e. The fourth-order valence-electron chi connectivity index (χ4n) is 4.09. The van der Waals surface area contributed by atoms with E-state index in [2.05, 4.69) is 27.6 Å². The van der Waals surface area contributed by atoms with E-state index in [0.29, 0.717) is 5.13 Å². The highest BCUT2D eigenvalue weighted by Crippen LogP contribution is 2.27. The van der Waals surface area contributed by atoms with Gasteiger partial charge >= 0.3 is 11.8 Å². The number of amides is 2. The highest BCUT2D eigenvalue weighted by molar-refractivity contribution is 7.16. The predicted octanol–water partition coefficient (Wildman–Crippen LogP) is 3.86. The van der Waals surface area contributed by atoms with Gasteiger partial charge in [0.1, 0.15) is 0 Å². The Kier molecular flexibility index (Phi) is 8.27. The van der Waals surface area contributed by atoms with Crippen molar-refractivity contribution in [3.8, 4) is 0 Å². The zero-order valence-corrected chi connectivity index (χ0v) is 17.9. The van der Waals surface area contributed by atoms with Crippen molar-refractivity contribution in [3.05, 3.63) is 10.6 Å². The predicted molar refractivity (Wildman–Crippen MR) is 113 cm³/mol. The maximum Gasteiger partial charge on any atom is 0.315 e. The zero-order chi connectivity index (χ0) is 19.8. The lowest BCUT2D eigenvalue weighted by Crippen LogP contribution is -2.41. The van der Waals surface area contributed by atoms with Crippen molar-refractivity contribution in [3.63, 3.8) is 0 Å². The lowest BCUT2D eigenvalue weighted by molar-refractivity contribution is -0.136. The van der Waals surface area contributed by atoms with Crippen LogP contribution in [0.25, 0.3) is 0 Å². The van der Waals surface area contributed by atoms with Crippen LogP contribution < -0.4 is 10.6 Å². The van der Waals surface area contributed by atoms with Gasteiger partial charge in [-0.05, 0) is 19.9 Å². The molecule has 1 aromatic rings. The van der Waals surface area contributed by atoms with Crippen molar-refractivity contribution in [2.75, 3.05) is 18.9 Å². The maximum atomic E-state index is 12.4. The van der Waals surface area contributed by atoms with Gasteiger partial charge in [0.15, 0.2) is 5.13 Å². The molecule has 2 N–H and O–H groups in total. The van der Waals surface area contributed by atoms with Gasteiger partial charge in [-0.1, -0.05) is 57.8 Å². The molecule has 0 bridgehead atoms. The third kappa shape index (κ3) is 6.55. The Hall–Kier alpha value is -1.47. The van der Waals surface area contributed by atoms with Crippen LogP contribution in [0.4, 0.5) is 5.13 Å². The van der Waals surface area contributed by atoms with Gasteiger partial charge in [-0.15, -0.1) is 11.3 Å². The quantitative estimate of drug-likeness (QED) is 0.732. The van der Waals surface area contributed by atoms with Crippen molar-refractivity contribution >= 4 is 28.3 Å². The van der Waals surface area contributed by atoms with Gasteiger partial charge in [0.05, 0.1) is 5.69 Å². The molecule has 28 heavy (non-hydrogen) atoms. The summed E-state index contributed by atoms with van der Waals surface area (Å²) in [6, 6.07) is 0.107. The molecule has 0 atom stereocenters. The van der Waals surface area contributed by atoms with Crippen LogP contribution in [-0.2, 0) is 22.6 Å². The van der Waals surface area contributed by atoms with E-state index in [0.717, 1.165) is 50.9 Å². The molecular formula is C21H34N4O2S. The molecule has 1 aliphatic carbocycles. The lowest BCUT2D eigenvalue weighted by Gasteiger charge is -2.20. The van der Waals surface area contributed by atoms with Gasteiger partial charge in [0, 0.05) is 30.4 Å². The number of hydrogen-bond donors (Lipinski definition) is 2. The van der Waals surface area contributed by atoms with E-state index >= 15 is 0 Å². The summed E-state index contributed by atoms with van der Waals surface area (Å²) >= 11 is 1.48. The SMILES string of the molecule is CN1CCc2nc(NC(=O)C(=O)NC3CCCCCCCCCCC3)sc2C1. The molecular weight excluding hydrogens is 372 g/mol. The van der Waals surface area contributed by atoms with Crippen LogP contribution in [0.15, 0.2) is 0 Å². The molecule has 2 heterocycles. The Morgan fingerprint density at radius 1 is 0.964 bits per heavy atom. The standard InChI is InChI=1S/C21H34N4O2S/c1-25-14-13-17-18(15-25)28-21(23-17)24-20(27)19(26)22-16-11-9-7-5-3-2-4-6-8-10-12-16/h16H,2-15H2,1H3,(H,22,26)(H,23,24,27). The van der Waals surface area contributed by atoms with Gasteiger partial charge in [0.25, 0.3) is 0 Å². The number of rotatable bonds is 2. The van der Waals surface area contributed by atoms with Crippen LogP contribution in [0.2, 0.25) is 0 Å². The van der Waals surface area contributed by atoms with E-state index in [9.17, 15) is 9.59 Å². The van der Waals surface area contributed by atoms with Crippen LogP contribution in [0, 0.1) is 0 Å². The molecule has 0 saturated heterocycles. The monoisotopic (exact) mass is 406 g/mol. The molecule has 156 valence electrons. The largest absolute Gasteiger partial charge is 0.345 e. The zero-order valence-electron chi connectivity index (χ0n) is 17.1. The van der Waals surface area contributed by atoms with Gasteiger partial charge in [-0.2, -0.15) is 0 Å². The molecule has 0 radical (unpaired) electrons. The lowest BCUT2D eigenvalue weighted by atomic mass is 9.98. The second-order valence-electron chi connectivity index (χ2n) is 8.26. The molecule has 2 amide bonds. The van der Waals surface area contributed by atoms with Crippen LogP contribution in [0.1, 0.15) is 81.2 Å². The molecule has 1 fully saturated rings. The van der Waals surface area contributed by atoms with E-state index in [1.807, 2.05) is 0 Å². The van der Waals surface area contributed by atoms with E-state index in [1.54, 1.807) is 0 Å². The van der Waals surface area contributed by atoms with Crippen molar-refractivity contribution in [2.24, 2.45) is 0 Å². The number of nitrogens with zero attached hydrogens (tertiary/aromatic N) is 2. The topological polar surface area (TPSA) is 74.3 Å². The molecule has 6 nitrogen and oxygen atoms in total. The summed E-state index contributed by atoms with van der Waals surface area (Å²) in [5.74, 6) is -1.12. The first-order chi connectivity index (χ1) is 13.6. The third-order valence-electron chi connectivity index (χ3n) is 5.79. The van der Waals surface area contributed by atoms with Crippen LogP contribution in [0.3, 0.4) is 0 Å². The number of anilines is 1. The second-order valence-corrected chi connectivity index (χ2v) is 9.34. The number of carbonyl (C=O) groups excluding carboxylic acids is 2. The third-order valence-corrected chi connectivity index (χ3v) is 6.79. The van der Waals surface area contributed by atoms with Crippen LogP contribution in [-0.4, -0.2) is 41.3 Å². The molecule has 2 aliphatic rings. The molecule has 1 saturated carbocycles. The second kappa shape index (κ2) is 10.9. The van der Waals surface area contributed by atoms with Gasteiger partial charge < -0.3 is 10.2 Å². The average molecular weight is 407 g/mol. The molecule has 0 unspecified atom stereocenters. The van der Waals surface area contributed by atoms with Crippen molar-refractivity contribution in [1.29, 1.82) is 0 Å². The van der Waals surface area contributed by atoms with E-state index < -0.39 is 11.8 Å². The fourth-order valence-corrected chi connectivity index (χ4v) is 5.17. The first-order valence-electron chi connectivity index (χ1n) is 10.9. The first kappa shape index (κ1) is 21.2. The summed E-state index contributed by atoms with van der Waals surface area (Å²) in [7, 11) is 2.08. The molecule has 1 aliphatic heterocycles. The number of carbonyl (C=O) groups is 2. The van der Waals surface area contributed by atoms with Crippen molar-refractivity contribution < 1.29 is 9.59 Å².